The molecule has 3 nitrogen and oxygen atoms in total. The fourth-order valence-corrected chi connectivity index (χ4v) is 3.67. The Hall–Kier alpha value is -2.13. The molecule has 132 valence electrons. The van der Waals surface area contributed by atoms with Gasteiger partial charge < -0.3 is 9.64 Å². The average Bonchev–Trinajstić information content (AvgIpc) is 2.92. The standard InChI is InChI=1S/C22H27NO2/c1-4-5-16-19(24)23-20(17-12-8-6-9-13-17)21(25-22(23,2)3)18-14-10-7-11-15-18/h6-15,20-21H,4-5,16H2,1-3H3/t20-,21-/m1/s1. The molecule has 1 aliphatic rings. The summed E-state index contributed by atoms with van der Waals surface area (Å²) in [5, 5.41) is 0. The molecule has 0 unspecified atom stereocenters. The third kappa shape index (κ3) is 3.62. The first-order valence-electron chi connectivity index (χ1n) is 9.14. The van der Waals surface area contributed by atoms with Gasteiger partial charge in [-0.15, -0.1) is 0 Å². The molecular formula is C22H27NO2. The van der Waals surface area contributed by atoms with Crippen molar-refractivity contribution in [3.63, 3.8) is 0 Å². The van der Waals surface area contributed by atoms with Gasteiger partial charge in [-0.05, 0) is 31.4 Å². The zero-order valence-electron chi connectivity index (χ0n) is 15.3. The number of carbonyl (C=O) groups excluding carboxylic acids is 1. The number of benzene rings is 2. The van der Waals surface area contributed by atoms with E-state index in [9.17, 15) is 4.79 Å². The molecule has 1 fully saturated rings. The largest absolute Gasteiger partial charge is 0.346 e. The van der Waals surface area contributed by atoms with E-state index >= 15 is 0 Å². The van der Waals surface area contributed by atoms with E-state index in [2.05, 4.69) is 31.2 Å². The molecule has 2 atom stereocenters. The van der Waals surface area contributed by atoms with Crippen LogP contribution in [0, 0.1) is 0 Å². The molecule has 0 radical (unpaired) electrons. The monoisotopic (exact) mass is 337 g/mol. The van der Waals surface area contributed by atoms with Crippen molar-refractivity contribution in [3.8, 4) is 0 Å². The summed E-state index contributed by atoms with van der Waals surface area (Å²) in [6, 6.07) is 20.3. The van der Waals surface area contributed by atoms with Gasteiger partial charge in [-0.3, -0.25) is 4.79 Å². The van der Waals surface area contributed by atoms with Crippen molar-refractivity contribution >= 4 is 5.91 Å². The highest BCUT2D eigenvalue weighted by Crippen LogP contribution is 2.49. The molecule has 0 spiro atoms. The van der Waals surface area contributed by atoms with Crippen molar-refractivity contribution < 1.29 is 9.53 Å². The Labute approximate surface area is 150 Å². The second-order valence-corrected chi connectivity index (χ2v) is 7.12. The van der Waals surface area contributed by atoms with Crippen LogP contribution in [0.1, 0.15) is 63.3 Å². The van der Waals surface area contributed by atoms with Gasteiger partial charge in [0.1, 0.15) is 11.8 Å². The summed E-state index contributed by atoms with van der Waals surface area (Å²) in [7, 11) is 0. The molecule has 1 heterocycles. The van der Waals surface area contributed by atoms with Crippen LogP contribution in [0.25, 0.3) is 0 Å². The maximum atomic E-state index is 13.0. The topological polar surface area (TPSA) is 29.5 Å². The Morgan fingerprint density at radius 1 is 1.00 bits per heavy atom. The fraction of sp³-hybridized carbons (Fsp3) is 0.409. The van der Waals surface area contributed by atoms with Crippen molar-refractivity contribution in [2.24, 2.45) is 0 Å². The van der Waals surface area contributed by atoms with Gasteiger partial charge in [0.15, 0.2) is 0 Å². The van der Waals surface area contributed by atoms with E-state index in [4.69, 9.17) is 4.74 Å². The van der Waals surface area contributed by atoms with Crippen molar-refractivity contribution in [1.29, 1.82) is 0 Å². The van der Waals surface area contributed by atoms with Crippen molar-refractivity contribution in [2.75, 3.05) is 0 Å². The van der Waals surface area contributed by atoms with Gasteiger partial charge >= 0.3 is 0 Å². The quantitative estimate of drug-likeness (QED) is 0.745. The Morgan fingerprint density at radius 2 is 1.56 bits per heavy atom. The van der Waals surface area contributed by atoms with E-state index in [0.717, 1.165) is 24.0 Å². The summed E-state index contributed by atoms with van der Waals surface area (Å²) >= 11 is 0. The smallest absolute Gasteiger partial charge is 0.225 e. The normalized spacial score (nSPS) is 22.1. The molecule has 3 heteroatoms. The number of nitrogens with zero attached hydrogens (tertiary/aromatic N) is 1. The summed E-state index contributed by atoms with van der Waals surface area (Å²) in [5.41, 5.74) is 1.59. The van der Waals surface area contributed by atoms with Crippen molar-refractivity contribution in [3.05, 3.63) is 71.8 Å². The lowest BCUT2D eigenvalue weighted by atomic mass is 9.94. The third-order valence-corrected chi connectivity index (χ3v) is 4.84. The lowest BCUT2D eigenvalue weighted by Gasteiger charge is -2.34. The minimum absolute atomic E-state index is 0.108. The Kier molecular flexibility index (Phi) is 5.24. The molecule has 0 bridgehead atoms. The number of carbonyl (C=O) groups is 1. The zero-order valence-corrected chi connectivity index (χ0v) is 15.3. The molecule has 1 saturated heterocycles. The Balaban J connectivity index is 2.03. The fourth-order valence-electron chi connectivity index (χ4n) is 3.67. The van der Waals surface area contributed by atoms with Crippen LogP contribution in [0.15, 0.2) is 60.7 Å². The first kappa shape index (κ1) is 17.7. The maximum absolute atomic E-state index is 13.0. The number of amides is 1. The van der Waals surface area contributed by atoms with Crippen LogP contribution in [0.5, 0.6) is 0 Å². The van der Waals surface area contributed by atoms with Gasteiger partial charge in [0.25, 0.3) is 0 Å². The first-order chi connectivity index (χ1) is 12.0. The highest BCUT2D eigenvalue weighted by molar-refractivity contribution is 5.78. The summed E-state index contributed by atoms with van der Waals surface area (Å²) in [4.78, 5) is 15.0. The maximum Gasteiger partial charge on any atom is 0.225 e. The van der Waals surface area contributed by atoms with Crippen LogP contribution in [-0.2, 0) is 9.53 Å². The molecule has 1 aliphatic heterocycles. The van der Waals surface area contributed by atoms with Crippen LogP contribution in [-0.4, -0.2) is 16.5 Å². The second-order valence-electron chi connectivity index (χ2n) is 7.12. The van der Waals surface area contributed by atoms with Crippen LogP contribution < -0.4 is 0 Å². The number of hydrogen-bond donors (Lipinski definition) is 0. The molecule has 0 aromatic heterocycles. The summed E-state index contributed by atoms with van der Waals surface area (Å²) in [6.45, 7) is 6.10. The van der Waals surface area contributed by atoms with E-state index in [1.807, 2.05) is 55.1 Å². The molecule has 25 heavy (non-hydrogen) atoms. The van der Waals surface area contributed by atoms with Crippen LogP contribution in [0.4, 0.5) is 0 Å². The van der Waals surface area contributed by atoms with Crippen molar-refractivity contribution in [2.45, 2.75) is 57.9 Å². The number of rotatable bonds is 5. The molecule has 0 N–H and O–H groups in total. The van der Waals surface area contributed by atoms with E-state index in [-0.39, 0.29) is 18.1 Å². The van der Waals surface area contributed by atoms with Crippen LogP contribution >= 0.6 is 0 Å². The molecule has 3 rings (SSSR count). The number of ether oxygens (including phenoxy) is 1. The predicted octanol–water partition coefficient (Wildman–Crippen LogP) is 5.25. The molecule has 2 aromatic rings. The van der Waals surface area contributed by atoms with E-state index < -0.39 is 5.72 Å². The molecular weight excluding hydrogens is 310 g/mol. The second kappa shape index (κ2) is 7.40. The molecule has 0 aliphatic carbocycles. The van der Waals surface area contributed by atoms with Gasteiger partial charge in [-0.2, -0.15) is 0 Å². The number of hydrogen-bond acceptors (Lipinski definition) is 2. The van der Waals surface area contributed by atoms with E-state index in [1.54, 1.807) is 0 Å². The van der Waals surface area contributed by atoms with Gasteiger partial charge in [0, 0.05) is 6.42 Å². The summed E-state index contributed by atoms with van der Waals surface area (Å²) in [6.07, 6.45) is 2.32. The lowest BCUT2D eigenvalue weighted by Crippen LogP contribution is -2.44. The van der Waals surface area contributed by atoms with Gasteiger partial charge in [-0.1, -0.05) is 74.0 Å². The highest BCUT2D eigenvalue weighted by Gasteiger charge is 2.50. The van der Waals surface area contributed by atoms with Crippen LogP contribution in [0.3, 0.4) is 0 Å². The number of unbranched alkanes of at least 4 members (excludes halogenated alkanes) is 1. The Morgan fingerprint density at radius 3 is 2.12 bits per heavy atom. The van der Waals surface area contributed by atoms with Crippen molar-refractivity contribution in [1.82, 2.24) is 4.90 Å². The van der Waals surface area contributed by atoms with Gasteiger partial charge in [0.05, 0.1) is 6.04 Å². The minimum Gasteiger partial charge on any atom is -0.346 e. The highest BCUT2D eigenvalue weighted by atomic mass is 16.5. The average molecular weight is 337 g/mol. The first-order valence-corrected chi connectivity index (χ1v) is 9.14. The van der Waals surface area contributed by atoms with E-state index in [1.165, 1.54) is 0 Å². The molecule has 1 amide bonds. The Bertz CT molecular complexity index is 696. The lowest BCUT2D eigenvalue weighted by molar-refractivity contribution is -0.147. The summed E-state index contributed by atoms with van der Waals surface area (Å²) in [5.74, 6) is 0.166. The van der Waals surface area contributed by atoms with Crippen LogP contribution in [0.2, 0.25) is 0 Å². The third-order valence-electron chi connectivity index (χ3n) is 4.84. The van der Waals surface area contributed by atoms with Gasteiger partial charge in [-0.25, -0.2) is 0 Å². The SMILES string of the molecule is CCCCC(=O)N1[C@H](c2ccccc2)[C@@H](c2ccccc2)OC1(C)C. The summed E-state index contributed by atoms with van der Waals surface area (Å²) < 4.78 is 6.42. The van der Waals surface area contributed by atoms with E-state index in [0.29, 0.717) is 6.42 Å². The minimum atomic E-state index is -0.633. The zero-order chi connectivity index (χ0) is 17.9. The molecule has 0 saturated carbocycles. The predicted molar refractivity (Wildman–Crippen MR) is 99.9 cm³/mol. The molecule has 2 aromatic carbocycles. The van der Waals surface area contributed by atoms with Gasteiger partial charge in [0.2, 0.25) is 5.91 Å².